The summed E-state index contributed by atoms with van der Waals surface area (Å²) < 4.78 is 15.3. The molecule has 8 nitrogen and oxygen atoms in total. The molecular weight excluding hydrogens is 296 g/mol. The van der Waals surface area contributed by atoms with E-state index in [1.807, 2.05) is 0 Å². The summed E-state index contributed by atoms with van der Waals surface area (Å²) in [6.07, 6.45) is -7.03. The molecule has 1 aliphatic heterocycles. The molecule has 2 rings (SSSR count). The van der Waals surface area contributed by atoms with Crippen LogP contribution >= 0.6 is 0 Å². The van der Waals surface area contributed by atoms with E-state index in [0.717, 1.165) is 0 Å². The summed E-state index contributed by atoms with van der Waals surface area (Å²) in [5.41, 5.74) is 0.113. The highest BCUT2D eigenvalue weighted by Crippen LogP contribution is 2.26. The number of para-hydroxylation sites is 1. The largest absolute Gasteiger partial charge is 0.465 e. The molecule has 0 saturated carbocycles. The van der Waals surface area contributed by atoms with Crippen molar-refractivity contribution in [3.05, 3.63) is 29.8 Å². The predicted octanol–water partition coefficient (Wildman–Crippen LogP) is -1.35. The number of methoxy groups -OCH3 is 1. The molecule has 0 aliphatic carbocycles. The number of hydrogen-bond acceptors (Lipinski definition) is 8. The molecule has 0 spiro atoms. The second-order valence-corrected chi connectivity index (χ2v) is 4.80. The molecule has 1 aromatic carbocycles. The molecule has 1 saturated heterocycles. The lowest BCUT2D eigenvalue weighted by atomic mass is 9.99. The van der Waals surface area contributed by atoms with Crippen molar-refractivity contribution in [2.45, 2.75) is 30.7 Å². The van der Waals surface area contributed by atoms with Crippen LogP contribution in [0.4, 0.5) is 0 Å². The smallest absolute Gasteiger partial charge is 0.341 e. The molecule has 0 radical (unpaired) electrons. The minimum absolute atomic E-state index is 0.0821. The maximum atomic E-state index is 11.7. The van der Waals surface area contributed by atoms with Gasteiger partial charge in [0.15, 0.2) is 0 Å². The van der Waals surface area contributed by atoms with Crippen molar-refractivity contribution in [2.24, 2.45) is 0 Å². The first-order valence-electron chi connectivity index (χ1n) is 6.64. The van der Waals surface area contributed by atoms with Crippen molar-refractivity contribution in [1.82, 2.24) is 0 Å². The Bertz CT molecular complexity index is 517. The van der Waals surface area contributed by atoms with Crippen molar-refractivity contribution in [3.8, 4) is 5.75 Å². The summed E-state index contributed by atoms with van der Waals surface area (Å²) in [5.74, 6) is -0.557. The number of esters is 1. The van der Waals surface area contributed by atoms with Crippen LogP contribution in [0, 0.1) is 0 Å². The van der Waals surface area contributed by atoms with Gasteiger partial charge in [-0.1, -0.05) is 12.1 Å². The van der Waals surface area contributed by atoms with Gasteiger partial charge in [0.05, 0.1) is 13.7 Å². The Labute approximate surface area is 126 Å². The van der Waals surface area contributed by atoms with Gasteiger partial charge in [-0.05, 0) is 12.1 Å². The van der Waals surface area contributed by atoms with Gasteiger partial charge in [-0.3, -0.25) is 0 Å². The molecule has 1 fully saturated rings. The zero-order chi connectivity index (χ0) is 16.3. The van der Waals surface area contributed by atoms with E-state index >= 15 is 0 Å². The van der Waals surface area contributed by atoms with Gasteiger partial charge in [-0.15, -0.1) is 0 Å². The van der Waals surface area contributed by atoms with Gasteiger partial charge in [-0.2, -0.15) is 0 Å². The molecule has 0 bridgehead atoms. The lowest BCUT2D eigenvalue weighted by Gasteiger charge is -2.39. The number of carbonyl (C=O) groups is 1. The van der Waals surface area contributed by atoms with Crippen LogP contribution in [-0.2, 0) is 9.47 Å². The average Bonchev–Trinajstić information content (AvgIpc) is 2.55. The summed E-state index contributed by atoms with van der Waals surface area (Å²) in [6, 6.07) is 6.14. The highest BCUT2D eigenvalue weighted by Gasteiger charge is 2.44. The summed E-state index contributed by atoms with van der Waals surface area (Å²) >= 11 is 0. The Morgan fingerprint density at radius 2 is 1.86 bits per heavy atom. The van der Waals surface area contributed by atoms with Crippen LogP contribution < -0.4 is 4.74 Å². The number of rotatable bonds is 4. The Balaban J connectivity index is 2.21. The summed E-state index contributed by atoms with van der Waals surface area (Å²) in [5, 5.41) is 38.4. The zero-order valence-corrected chi connectivity index (χ0v) is 11.8. The third-order valence-electron chi connectivity index (χ3n) is 3.38. The third-order valence-corrected chi connectivity index (χ3v) is 3.38. The Kier molecular flexibility index (Phi) is 5.33. The minimum Gasteiger partial charge on any atom is -0.465 e. The van der Waals surface area contributed by atoms with E-state index < -0.39 is 43.3 Å². The lowest BCUT2D eigenvalue weighted by molar-refractivity contribution is -0.277. The fourth-order valence-corrected chi connectivity index (χ4v) is 2.14. The fraction of sp³-hybridized carbons (Fsp3) is 0.500. The molecule has 8 heteroatoms. The zero-order valence-electron chi connectivity index (χ0n) is 11.8. The summed E-state index contributed by atoms with van der Waals surface area (Å²) in [6.45, 7) is -0.566. The van der Waals surface area contributed by atoms with Crippen LogP contribution in [0.3, 0.4) is 0 Å². The maximum absolute atomic E-state index is 11.7. The Hall–Kier alpha value is -1.71. The number of benzene rings is 1. The Morgan fingerprint density at radius 1 is 1.18 bits per heavy atom. The van der Waals surface area contributed by atoms with Gasteiger partial charge in [0.2, 0.25) is 6.29 Å². The quantitative estimate of drug-likeness (QED) is 0.503. The number of aliphatic hydroxyl groups is 4. The number of hydrogen-bond donors (Lipinski definition) is 4. The van der Waals surface area contributed by atoms with Gasteiger partial charge >= 0.3 is 5.97 Å². The van der Waals surface area contributed by atoms with E-state index in [1.54, 1.807) is 12.1 Å². The van der Waals surface area contributed by atoms with Crippen LogP contribution in [-0.4, -0.2) is 70.8 Å². The van der Waals surface area contributed by atoms with Crippen molar-refractivity contribution in [1.29, 1.82) is 0 Å². The molecule has 4 N–H and O–H groups in total. The molecule has 2 unspecified atom stereocenters. The van der Waals surface area contributed by atoms with Crippen molar-refractivity contribution in [2.75, 3.05) is 13.7 Å². The van der Waals surface area contributed by atoms with Crippen LogP contribution in [0.15, 0.2) is 24.3 Å². The molecule has 0 aromatic heterocycles. The molecule has 22 heavy (non-hydrogen) atoms. The molecule has 1 heterocycles. The van der Waals surface area contributed by atoms with E-state index in [-0.39, 0.29) is 11.3 Å². The van der Waals surface area contributed by atoms with Crippen molar-refractivity contribution < 1.29 is 39.4 Å². The monoisotopic (exact) mass is 314 g/mol. The lowest BCUT2D eigenvalue weighted by Crippen LogP contribution is -2.60. The fourth-order valence-electron chi connectivity index (χ4n) is 2.14. The van der Waals surface area contributed by atoms with Crippen LogP contribution in [0.25, 0.3) is 0 Å². The van der Waals surface area contributed by atoms with Crippen LogP contribution in [0.5, 0.6) is 5.75 Å². The first-order valence-corrected chi connectivity index (χ1v) is 6.64. The predicted molar refractivity (Wildman–Crippen MR) is 72.2 cm³/mol. The third kappa shape index (κ3) is 3.21. The highest BCUT2D eigenvalue weighted by atomic mass is 16.7. The van der Waals surface area contributed by atoms with Crippen LogP contribution in [0.1, 0.15) is 10.4 Å². The summed E-state index contributed by atoms with van der Waals surface area (Å²) in [4.78, 5) is 11.7. The second-order valence-electron chi connectivity index (χ2n) is 4.80. The first-order chi connectivity index (χ1) is 10.5. The van der Waals surface area contributed by atoms with Gasteiger partial charge in [0.25, 0.3) is 0 Å². The highest BCUT2D eigenvalue weighted by molar-refractivity contribution is 5.92. The van der Waals surface area contributed by atoms with Gasteiger partial charge in [0, 0.05) is 0 Å². The van der Waals surface area contributed by atoms with E-state index in [1.165, 1.54) is 19.2 Å². The number of carbonyl (C=O) groups excluding carboxylic acids is 1. The van der Waals surface area contributed by atoms with E-state index in [0.29, 0.717) is 0 Å². The van der Waals surface area contributed by atoms with E-state index in [2.05, 4.69) is 4.74 Å². The number of ether oxygens (including phenoxy) is 3. The molecule has 5 atom stereocenters. The topological polar surface area (TPSA) is 126 Å². The molecular formula is C14H18O8. The standard InChI is InChI=1S/C14H18O8/c1-20-13(19)7-4-2-3-5-8(7)21-14-12(18)11(17)10(16)9(6-15)22-14/h2-5,9-12,14-18H,6H2,1H3/t9?,10-,11+,12?,14-/m1/s1. The average molecular weight is 314 g/mol. The second kappa shape index (κ2) is 7.03. The molecule has 0 amide bonds. The van der Waals surface area contributed by atoms with Crippen LogP contribution in [0.2, 0.25) is 0 Å². The normalized spacial score (nSPS) is 31.6. The van der Waals surface area contributed by atoms with Crippen molar-refractivity contribution >= 4 is 5.97 Å². The Morgan fingerprint density at radius 3 is 2.50 bits per heavy atom. The van der Waals surface area contributed by atoms with Crippen molar-refractivity contribution in [3.63, 3.8) is 0 Å². The molecule has 122 valence electrons. The van der Waals surface area contributed by atoms with E-state index in [4.69, 9.17) is 14.6 Å². The minimum atomic E-state index is -1.55. The van der Waals surface area contributed by atoms with Gasteiger partial charge in [0.1, 0.15) is 35.7 Å². The first kappa shape index (κ1) is 16.7. The number of aliphatic hydroxyl groups excluding tert-OH is 4. The summed E-state index contributed by atoms with van der Waals surface area (Å²) in [7, 11) is 1.22. The van der Waals surface area contributed by atoms with Gasteiger partial charge in [-0.25, -0.2) is 4.79 Å². The van der Waals surface area contributed by atoms with Gasteiger partial charge < -0.3 is 34.6 Å². The SMILES string of the molecule is COC(=O)c1ccccc1O[C@@H]1OC(CO)[C@@H](O)[C@H](O)C1O. The maximum Gasteiger partial charge on any atom is 0.341 e. The molecule has 1 aromatic rings. The van der Waals surface area contributed by atoms with E-state index in [9.17, 15) is 20.1 Å². The molecule has 1 aliphatic rings.